The van der Waals surface area contributed by atoms with Gasteiger partial charge in [0.15, 0.2) is 0 Å². The van der Waals surface area contributed by atoms with Crippen LogP contribution in [-0.2, 0) is 9.53 Å². The molecule has 1 fully saturated rings. The van der Waals surface area contributed by atoms with Gasteiger partial charge in [-0.3, -0.25) is 14.9 Å². The van der Waals surface area contributed by atoms with Crippen LogP contribution in [0.1, 0.15) is 32.6 Å². The lowest BCUT2D eigenvalue weighted by Gasteiger charge is -2.30. The summed E-state index contributed by atoms with van der Waals surface area (Å²) in [6, 6.07) is 4.55. The summed E-state index contributed by atoms with van der Waals surface area (Å²) < 4.78 is 5.32. The smallest absolute Gasteiger partial charge is 0.271 e. The van der Waals surface area contributed by atoms with E-state index in [0.29, 0.717) is 44.1 Å². The van der Waals surface area contributed by atoms with E-state index in [-0.39, 0.29) is 11.6 Å². The van der Waals surface area contributed by atoms with Crippen LogP contribution in [0.5, 0.6) is 0 Å². The quantitative estimate of drug-likeness (QED) is 0.474. The van der Waals surface area contributed by atoms with Crippen LogP contribution in [0.3, 0.4) is 0 Å². The van der Waals surface area contributed by atoms with Crippen molar-refractivity contribution in [3.63, 3.8) is 0 Å². The number of carbonyl (C=O) groups is 1. The number of hydrogen-bond acceptors (Lipinski definition) is 5. The normalized spacial score (nSPS) is 14.6. The van der Waals surface area contributed by atoms with Gasteiger partial charge in [-0.15, -0.1) is 0 Å². The highest BCUT2D eigenvalue weighted by atomic mass is 16.6. The number of rotatable bonds is 7. The highest BCUT2D eigenvalue weighted by Gasteiger charge is 2.19. The number of nitrogens with zero attached hydrogens (tertiary/aromatic N) is 2. The summed E-state index contributed by atoms with van der Waals surface area (Å²) >= 11 is 0. The minimum absolute atomic E-state index is 0.0236. The molecule has 1 heterocycles. The van der Waals surface area contributed by atoms with E-state index >= 15 is 0 Å². The molecule has 0 aliphatic carbocycles. The second-order valence-corrected chi connectivity index (χ2v) is 5.56. The average molecular weight is 321 g/mol. The Kier molecular flexibility index (Phi) is 6.34. The van der Waals surface area contributed by atoms with Crippen molar-refractivity contribution in [3.05, 3.63) is 28.3 Å². The molecule has 1 aromatic rings. The largest absolute Gasteiger partial charge is 0.378 e. The summed E-state index contributed by atoms with van der Waals surface area (Å²) in [4.78, 5) is 24.7. The maximum atomic E-state index is 12.1. The summed E-state index contributed by atoms with van der Waals surface area (Å²) in [6.07, 6.45) is 3.39. The van der Waals surface area contributed by atoms with Gasteiger partial charge in [0.1, 0.15) is 0 Å². The maximum Gasteiger partial charge on any atom is 0.271 e. The molecule has 2 rings (SSSR count). The van der Waals surface area contributed by atoms with Crippen LogP contribution in [0, 0.1) is 10.1 Å². The Hall–Kier alpha value is -2.15. The van der Waals surface area contributed by atoms with Crippen LogP contribution in [0.2, 0.25) is 0 Å². The predicted octanol–water partition coefficient (Wildman–Crippen LogP) is 2.95. The zero-order chi connectivity index (χ0) is 16.7. The van der Waals surface area contributed by atoms with Gasteiger partial charge in [-0.05, 0) is 12.5 Å². The van der Waals surface area contributed by atoms with Crippen LogP contribution in [0.4, 0.5) is 17.1 Å². The van der Waals surface area contributed by atoms with E-state index in [4.69, 9.17) is 4.74 Å². The lowest BCUT2D eigenvalue weighted by molar-refractivity contribution is -0.384. The number of benzene rings is 1. The van der Waals surface area contributed by atoms with Crippen molar-refractivity contribution in [3.8, 4) is 0 Å². The van der Waals surface area contributed by atoms with Gasteiger partial charge in [-0.25, -0.2) is 0 Å². The second-order valence-electron chi connectivity index (χ2n) is 5.56. The molecule has 7 nitrogen and oxygen atoms in total. The summed E-state index contributed by atoms with van der Waals surface area (Å²) in [5.74, 6) is -0.0539. The molecular formula is C16H23N3O4. The predicted molar refractivity (Wildman–Crippen MR) is 88.9 cm³/mol. The van der Waals surface area contributed by atoms with Crippen LogP contribution >= 0.6 is 0 Å². The van der Waals surface area contributed by atoms with E-state index in [1.807, 2.05) is 4.90 Å². The Labute approximate surface area is 135 Å². The van der Waals surface area contributed by atoms with Gasteiger partial charge in [-0.1, -0.05) is 19.8 Å². The van der Waals surface area contributed by atoms with Crippen molar-refractivity contribution in [2.75, 3.05) is 36.5 Å². The molecule has 0 atom stereocenters. The van der Waals surface area contributed by atoms with Crippen LogP contribution in [0.25, 0.3) is 0 Å². The number of carbonyl (C=O) groups excluding carboxylic acids is 1. The zero-order valence-corrected chi connectivity index (χ0v) is 13.4. The number of nitrogens with one attached hydrogen (secondary N) is 1. The Morgan fingerprint density at radius 2 is 2.09 bits per heavy atom. The van der Waals surface area contributed by atoms with Gasteiger partial charge in [0.2, 0.25) is 5.91 Å². The number of unbranched alkanes of at least 4 members (excludes halogenated alkanes) is 2. The number of morpholine rings is 1. The molecule has 1 aliphatic heterocycles. The van der Waals surface area contributed by atoms with Crippen molar-refractivity contribution in [1.29, 1.82) is 0 Å². The average Bonchev–Trinajstić information content (AvgIpc) is 2.56. The molecule has 1 aliphatic rings. The molecule has 1 N–H and O–H groups in total. The molecule has 126 valence electrons. The first-order valence-corrected chi connectivity index (χ1v) is 8.02. The molecule has 0 unspecified atom stereocenters. The third-order valence-electron chi connectivity index (χ3n) is 3.83. The SMILES string of the molecule is CCCCCC(=O)Nc1ccc([N+](=O)[O-])cc1N1CCOCC1. The first-order valence-electron chi connectivity index (χ1n) is 8.02. The minimum atomic E-state index is -0.420. The summed E-state index contributed by atoms with van der Waals surface area (Å²) in [5, 5.41) is 13.9. The Morgan fingerprint density at radius 1 is 1.35 bits per heavy atom. The van der Waals surface area contributed by atoms with Crippen molar-refractivity contribution in [1.82, 2.24) is 0 Å². The van der Waals surface area contributed by atoms with Gasteiger partial charge in [0.25, 0.3) is 5.69 Å². The second kappa shape index (κ2) is 8.47. The molecule has 0 bridgehead atoms. The molecule has 7 heteroatoms. The van der Waals surface area contributed by atoms with Crippen molar-refractivity contribution >= 4 is 23.0 Å². The van der Waals surface area contributed by atoms with E-state index in [9.17, 15) is 14.9 Å². The third kappa shape index (κ3) is 4.92. The highest BCUT2D eigenvalue weighted by Crippen LogP contribution is 2.31. The monoisotopic (exact) mass is 321 g/mol. The molecule has 0 saturated carbocycles. The Morgan fingerprint density at radius 3 is 2.74 bits per heavy atom. The van der Waals surface area contributed by atoms with E-state index in [0.717, 1.165) is 19.3 Å². The molecular weight excluding hydrogens is 298 g/mol. The number of nitro benzene ring substituents is 1. The fraction of sp³-hybridized carbons (Fsp3) is 0.562. The number of amides is 1. The van der Waals surface area contributed by atoms with Crippen LogP contribution in [0.15, 0.2) is 18.2 Å². The molecule has 0 spiro atoms. The summed E-state index contributed by atoms with van der Waals surface area (Å²) in [7, 11) is 0. The maximum absolute atomic E-state index is 12.1. The summed E-state index contributed by atoms with van der Waals surface area (Å²) in [6.45, 7) is 4.55. The summed E-state index contributed by atoms with van der Waals surface area (Å²) in [5.41, 5.74) is 1.33. The molecule has 0 aromatic heterocycles. The minimum Gasteiger partial charge on any atom is -0.378 e. The standard InChI is InChI=1S/C16H23N3O4/c1-2-3-4-5-16(20)17-14-7-6-13(19(21)22)12-15(14)18-8-10-23-11-9-18/h6-7,12H,2-5,8-11H2,1H3,(H,17,20). The van der Waals surface area contributed by atoms with Crippen molar-refractivity contribution in [2.24, 2.45) is 0 Å². The zero-order valence-electron chi connectivity index (χ0n) is 13.4. The van der Waals surface area contributed by atoms with Crippen LogP contribution in [-0.4, -0.2) is 37.1 Å². The van der Waals surface area contributed by atoms with E-state index in [1.165, 1.54) is 12.1 Å². The van der Waals surface area contributed by atoms with E-state index in [2.05, 4.69) is 12.2 Å². The van der Waals surface area contributed by atoms with Gasteiger partial charge in [-0.2, -0.15) is 0 Å². The molecule has 23 heavy (non-hydrogen) atoms. The van der Waals surface area contributed by atoms with Crippen molar-refractivity contribution < 1.29 is 14.5 Å². The Balaban J connectivity index is 2.16. The van der Waals surface area contributed by atoms with E-state index < -0.39 is 4.92 Å². The molecule has 1 amide bonds. The van der Waals surface area contributed by atoms with E-state index in [1.54, 1.807) is 6.07 Å². The lowest BCUT2D eigenvalue weighted by Crippen LogP contribution is -2.36. The van der Waals surface area contributed by atoms with Crippen LogP contribution < -0.4 is 10.2 Å². The van der Waals surface area contributed by atoms with Gasteiger partial charge in [0.05, 0.1) is 29.5 Å². The van der Waals surface area contributed by atoms with Gasteiger partial charge in [0, 0.05) is 31.6 Å². The molecule has 1 saturated heterocycles. The number of hydrogen-bond donors (Lipinski definition) is 1. The third-order valence-corrected chi connectivity index (χ3v) is 3.83. The number of ether oxygens (including phenoxy) is 1. The number of anilines is 2. The number of nitro groups is 1. The first kappa shape index (κ1) is 17.2. The fourth-order valence-electron chi connectivity index (χ4n) is 2.55. The highest BCUT2D eigenvalue weighted by molar-refractivity contribution is 5.94. The van der Waals surface area contributed by atoms with Gasteiger partial charge < -0.3 is 15.0 Å². The molecule has 0 radical (unpaired) electrons. The van der Waals surface area contributed by atoms with Crippen molar-refractivity contribution in [2.45, 2.75) is 32.6 Å². The lowest BCUT2D eigenvalue weighted by atomic mass is 10.1. The van der Waals surface area contributed by atoms with Gasteiger partial charge >= 0.3 is 0 Å². The number of non-ortho nitro benzene ring substituents is 1. The molecule has 1 aromatic carbocycles. The fourth-order valence-corrected chi connectivity index (χ4v) is 2.55. The topological polar surface area (TPSA) is 84.7 Å². The first-order chi connectivity index (χ1) is 11.1. The Bertz CT molecular complexity index is 556.